The van der Waals surface area contributed by atoms with Crippen LogP contribution in [0.4, 0.5) is 0 Å². The molecule has 0 spiro atoms. The third kappa shape index (κ3) is 4.20. The predicted octanol–water partition coefficient (Wildman–Crippen LogP) is 4.06. The molecule has 0 saturated carbocycles. The molecular weight excluding hydrogens is 215 g/mol. The van der Waals surface area contributed by atoms with Crippen molar-refractivity contribution in [1.82, 2.24) is 0 Å². The van der Waals surface area contributed by atoms with E-state index in [0.717, 1.165) is 0 Å². The lowest BCUT2D eigenvalue weighted by molar-refractivity contribution is 0.607. The molecule has 0 heterocycles. The van der Waals surface area contributed by atoms with Crippen LogP contribution in [0.25, 0.3) is 12.2 Å². The molecule has 2 aromatic carbocycles. The van der Waals surface area contributed by atoms with E-state index >= 15 is 0 Å². The molecule has 0 bridgehead atoms. The first-order valence-electron chi connectivity index (χ1n) is 4.97. The van der Waals surface area contributed by atoms with E-state index in [0.29, 0.717) is 0 Å². The Morgan fingerprint density at radius 2 is 0.938 bits per heavy atom. The van der Waals surface area contributed by atoms with Gasteiger partial charge in [-0.25, -0.2) is 0 Å². The van der Waals surface area contributed by atoms with Crippen molar-refractivity contribution in [3.05, 3.63) is 71.8 Å². The Morgan fingerprint density at radius 3 is 1.25 bits per heavy atom. The molecule has 0 radical (unpaired) electrons. The van der Waals surface area contributed by atoms with Gasteiger partial charge in [-0.3, -0.25) is 0 Å². The van der Waals surface area contributed by atoms with E-state index in [4.69, 9.17) is 4.57 Å². The molecule has 2 heteroatoms. The lowest BCUT2D eigenvalue weighted by Gasteiger charge is -1.92. The molecular formula is C14H14OP+. The summed E-state index contributed by atoms with van der Waals surface area (Å²) in [5.41, 5.74) is 2.47. The van der Waals surface area contributed by atoms with Crippen LogP contribution >= 0.6 is 9.12 Å². The minimum atomic E-state index is 1.17. The lowest BCUT2D eigenvalue weighted by Crippen LogP contribution is -1.70. The molecule has 1 unspecified atom stereocenters. The van der Waals surface area contributed by atoms with E-state index in [-0.39, 0.29) is 0 Å². The van der Waals surface area contributed by atoms with Crippen LogP contribution in [0.3, 0.4) is 0 Å². The van der Waals surface area contributed by atoms with Crippen LogP contribution in [-0.2, 0) is 4.57 Å². The molecule has 0 N–H and O–H groups in total. The Labute approximate surface area is 98.1 Å². The molecule has 80 valence electrons. The summed E-state index contributed by atoms with van der Waals surface area (Å²) in [6.07, 6.45) is 4.24. The van der Waals surface area contributed by atoms with Gasteiger partial charge in [0.05, 0.1) is 0 Å². The average Bonchev–Trinajstić information content (AvgIpc) is 2.41. The van der Waals surface area contributed by atoms with Gasteiger partial charge in [-0.1, -0.05) is 77.4 Å². The zero-order valence-corrected chi connectivity index (χ0v) is 10.1. The van der Waals surface area contributed by atoms with Crippen LogP contribution in [0.15, 0.2) is 60.7 Å². The first-order chi connectivity index (χ1) is 7.95. The van der Waals surface area contributed by atoms with Crippen LogP contribution in [0.1, 0.15) is 11.1 Å². The fraction of sp³-hybridized carbons (Fsp3) is 0. The lowest BCUT2D eigenvalue weighted by atomic mass is 10.1. The van der Waals surface area contributed by atoms with Crippen molar-refractivity contribution >= 4 is 21.3 Å². The fourth-order valence-corrected chi connectivity index (χ4v) is 1.32. The van der Waals surface area contributed by atoms with Gasteiger partial charge >= 0.3 is 9.12 Å². The minimum absolute atomic E-state index is 1.17. The number of rotatable bonds is 2. The van der Waals surface area contributed by atoms with Crippen LogP contribution in [0.2, 0.25) is 0 Å². The van der Waals surface area contributed by atoms with Crippen molar-refractivity contribution in [1.29, 1.82) is 0 Å². The third-order valence-corrected chi connectivity index (χ3v) is 2.07. The predicted molar refractivity (Wildman–Crippen MR) is 72.2 cm³/mol. The summed E-state index contributed by atoms with van der Waals surface area (Å²) in [5.74, 6) is 0. The highest BCUT2D eigenvalue weighted by atomic mass is 31.0. The summed E-state index contributed by atoms with van der Waals surface area (Å²) in [6, 6.07) is 20.6. The molecule has 1 nitrogen and oxygen atoms in total. The number of hydrogen-bond donors (Lipinski definition) is 0. The highest BCUT2D eigenvalue weighted by Crippen LogP contribution is 2.06. The zero-order chi connectivity index (χ0) is 11.6. The summed E-state index contributed by atoms with van der Waals surface area (Å²) >= 11 is 0. The Kier molecular flexibility index (Phi) is 5.83. The van der Waals surface area contributed by atoms with Crippen molar-refractivity contribution in [2.45, 2.75) is 0 Å². The molecule has 0 aliphatic rings. The van der Waals surface area contributed by atoms with Gasteiger partial charge in [0.15, 0.2) is 0 Å². The van der Waals surface area contributed by atoms with Crippen LogP contribution in [0.5, 0.6) is 0 Å². The van der Waals surface area contributed by atoms with Crippen molar-refractivity contribution in [2.75, 3.05) is 0 Å². The van der Waals surface area contributed by atoms with Crippen molar-refractivity contribution in [2.24, 2.45) is 0 Å². The van der Waals surface area contributed by atoms with E-state index in [1.807, 2.05) is 36.4 Å². The molecule has 2 aromatic rings. The van der Waals surface area contributed by atoms with Gasteiger partial charge < -0.3 is 0 Å². The van der Waals surface area contributed by atoms with Gasteiger partial charge in [0.2, 0.25) is 0 Å². The van der Waals surface area contributed by atoms with Gasteiger partial charge in [-0.15, -0.1) is 0 Å². The van der Waals surface area contributed by atoms with Crippen LogP contribution in [-0.4, -0.2) is 0 Å². The summed E-state index contributed by atoms with van der Waals surface area (Å²) in [6.45, 7) is 0. The van der Waals surface area contributed by atoms with Crippen molar-refractivity contribution in [3.8, 4) is 0 Å². The molecule has 2 rings (SSSR count). The fourth-order valence-electron chi connectivity index (χ4n) is 1.32. The zero-order valence-electron chi connectivity index (χ0n) is 8.91. The Morgan fingerprint density at radius 1 is 0.625 bits per heavy atom. The normalized spacial score (nSPS) is 9.50. The summed E-state index contributed by atoms with van der Waals surface area (Å²) < 4.78 is 8.17. The maximum Gasteiger partial charge on any atom is 0.310 e. The topological polar surface area (TPSA) is 17.1 Å². The second-order valence-electron chi connectivity index (χ2n) is 3.15. The second kappa shape index (κ2) is 7.56. The Balaban J connectivity index is 0.000000606. The number of benzene rings is 2. The van der Waals surface area contributed by atoms with E-state index in [1.54, 1.807) is 0 Å². The smallest absolute Gasteiger partial charge is 0.0801 e. The molecule has 1 atom stereocenters. The first-order valence-corrected chi connectivity index (χ1v) is 5.44. The maximum absolute atomic E-state index is 8.17. The molecule has 0 aromatic heterocycles. The van der Waals surface area contributed by atoms with Gasteiger partial charge in [-0.05, 0) is 11.1 Å². The van der Waals surface area contributed by atoms with Gasteiger partial charge in [0.1, 0.15) is 0 Å². The average molecular weight is 229 g/mol. The highest BCUT2D eigenvalue weighted by Gasteiger charge is 1.84. The molecule has 16 heavy (non-hydrogen) atoms. The first kappa shape index (κ1) is 12.4. The van der Waals surface area contributed by atoms with E-state index in [2.05, 4.69) is 36.4 Å². The third-order valence-electron chi connectivity index (χ3n) is 2.07. The molecule has 0 fully saturated rings. The van der Waals surface area contributed by atoms with Crippen molar-refractivity contribution < 1.29 is 4.57 Å². The maximum atomic E-state index is 8.17. The van der Waals surface area contributed by atoms with Gasteiger partial charge in [-0.2, -0.15) is 0 Å². The summed E-state index contributed by atoms with van der Waals surface area (Å²) in [4.78, 5) is 0. The molecule has 0 aliphatic carbocycles. The molecule has 0 saturated heterocycles. The van der Waals surface area contributed by atoms with E-state index in [1.165, 1.54) is 20.2 Å². The van der Waals surface area contributed by atoms with Crippen molar-refractivity contribution in [3.63, 3.8) is 0 Å². The SMILES string of the molecule is C(=Cc1ccccc1)c1ccccc1.O=[PH2+]. The quantitative estimate of drug-likeness (QED) is 0.560. The number of hydrogen-bond acceptors (Lipinski definition) is 1. The van der Waals surface area contributed by atoms with Crippen LogP contribution < -0.4 is 0 Å². The van der Waals surface area contributed by atoms with E-state index < -0.39 is 0 Å². The monoisotopic (exact) mass is 229 g/mol. The summed E-state index contributed by atoms with van der Waals surface area (Å²) in [7, 11) is 1.17. The summed E-state index contributed by atoms with van der Waals surface area (Å²) in [5, 5.41) is 0. The minimum Gasteiger partial charge on any atom is -0.0801 e. The Hall–Kier alpha value is -1.72. The van der Waals surface area contributed by atoms with Gasteiger partial charge in [0.25, 0.3) is 0 Å². The Bertz CT molecular complexity index is 382. The largest absolute Gasteiger partial charge is 0.310 e. The highest BCUT2D eigenvalue weighted by molar-refractivity contribution is 7.00. The van der Waals surface area contributed by atoms with Gasteiger partial charge in [0, 0.05) is 0 Å². The van der Waals surface area contributed by atoms with Crippen LogP contribution in [0, 0.1) is 0 Å². The van der Waals surface area contributed by atoms with E-state index in [9.17, 15) is 0 Å². The standard InChI is InChI=1S/C14H12.H2OP/c1-3-7-13(8-4-1)11-12-14-9-5-2-6-10-14;1-2/h1-12H;2H2/q;+1. The molecule has 0 amide bonds. The molecule has 0 aliphatic heterocycles. The second-order valence-corrected chi connectivity index (χ2v) is 3.15.